The summed E-state index contributed by atoms with van der Waals surface area (Å²) in [6.45, 7) is 2.47. The molecule has 0 fully saturated rings. The lowest BCUT2D eigenvalue weighted by molar-refractivity contribution is 0.422. The summed E-state index contributed by atoms with van der Waals surface area (Å²) in [5.74, 6) is 0. The van der Waals surface area contributed by atoms with Crippen molar-refractivity contribution in [2.75, 3.05) is 19.6 Å². The van der Waals surface area contributed by atoms with Gasteiger partial charge in [-0.15, -0.1) is 0 Å². The fourth-order valence-corrected chi connectivity index (χ4v) is 0.967. The molecule has 0 aliphatic carbocycles. The van der Waals surface area contributed by atoms with Crippen LogP contribution in [0.15, 0.2) is 23.4 Å². The summed E-state index contributed by atoms with van der Waals surface area (Å²) in [5.41, 5.74) is 5.36. The number of rotatable bonds is 2. The summed E-state index contributed by atoms with van der Waals surface area (Å²) >= 11 is 5.70. The highest BCUT2D eigenvalue weighted by atomic mass is 35.5. The van der Waals surface area contributed by atoms with Crippen molar-refractivity contribution in [3.63, 3.8) is 0 Å². The van der Waals surface area contributed by atoms with Crippen LogP contribution in [0, 0.1) is 0 Å². The molecule has 0 saturated heterocycles. The van der Waals surface area contributed by atoms with Crippen LogP contribution in [-0.4, -0.2) is 24.5 Å². The van der Waals surface area contributed by atoms with E-state index < -0.39 is 0 Å². The van der Waals surface area contributed by atoms with Gasteiger partial charge in [0.2, 0.25) is 0 Å². The van der Waals surface area contributed by atoms with Gasteiger partial charge in [0, 0.05) is 30.9 Å². The zero-order chi connectivity index (χ0) is 7.40. The predicted octanol–water partition coefficient (Wildman–Crippen LogP) is 0.897. The Hall–Kier alpha value is -0.470. The van der Waals surface area contributed by atoms with E-state index in [2.05, 4.69) is 4.90 Å². The second-order valence-electron chi connectivity index (χ2n) is 2.19. The first kappa shape index (κ1) is 7.63. The quantitative estimate of drug-likeness (QED) is 0.647. The van der Waals surface area contributed by atoms with Crippen LogP contribution in [0.5, 0.6) is 0 Å². The number of nitrogens with zero attached hydrogens (tertiary/aromatic N) is 1. The molecule has 0 aromatic carbocycles. The summed E-state index contributed by atoms with van der Waals surface area (Å²) in [6.07, 6.45) is 5.81. The Bertz CT molecular complexity index is 163. The minimum absolute atomic E-state index is 0.690. The zero-order valence-electron chi connectivity index (χ0n) is 5.76. The van der Waals surface area contributed by atoms with Crippen molar-refractivity contribution in [1.82, 2.24) is 4.90 Å². The van der Waals surface area contributed by atoms with Crippen molar-refractivity contribution in [3.05, 3.63) is 23.4 Å². The molecule has 0 aromatic rings. The third-order valence-electron chi connectivity index (χ3n) is 1.38. The Morgan fingerprint density at radius 1 is 1.70 bits per heavy atom. The van der Waals surface area contributed by atoms with E-state index in [1.54, 1.807) is 0 Å². The summed E-state index contributed by atoms with van der Waals surface area (Å²) in [5, 5.41) is 0.813. The van der Waals surface area contributed by atoms with Crippen LogP contribution < -0.4 is 5.73 Å². The maximum absolute atomic E-state index is 5.70. The van der Waals surface area contributed by atoms with Crippen molar-refractivity contribution in [2.24, 2.45) is 5.73 Å². The lowest BCUT2D eigenvalue weighted by Gasteiger charge is -2.19. The van der Waals surface area contributed by atoms with Gasteiger partial charge >= 0.3 is 0 Å². The van der Waals surface area contributed by atoms with Gasteiger partial charge in [-0.05, 0) is 12.2 Å². The Labute approximate surface area is 65.9 Å². The number of hydrogen-bond donors (Lipinski definition) is 1. The second kappa shape index (κ2) is 3.64. The molecule has 0 radical (unpaired) electrons. The molecule has 0 saturated carbocycles. The topological polar surface area (TPSA) is 29.3 Å². The first-order chi connectivity index (χ1) is 4.83. The van der Waals surface area contributed by atoms with Gasteiger partial charge in [-0.1, -0.05) is 11.6 Å². The number of allylic oxidation sites excluding steroid dienone is 2. The van der Waals surface area contributed by atoms with Crippen LogP contribution in [0.2, 0.25) is 0 Å². The fourth-order valence-electron chi connectivity index (χ4n) is 0.842. The van der Waals surface area contributed by atoms with Crippen molar-refractivity contribution in [2.45, 2.75) is 0 Å². The molecule has 0 atom stereocenters. The zero-order valence-corrected chi connectivity index (χ0v) is 6.51. The lowest BCUT2D eigenvalue weighted by Crippen LogP contribution is -2.25. The molecule has 1 heterocycles. The van der Waals surface area contributed by atoms with Crippen LogP contribution in [0.1, 0.15) is 0 Å². The number of nitrogens with two attached hydrogens (primary N) is 1. The summed E-state index contributed by atoms with van der Waals surface area (Å²) in [6, 6.07) is 0. The average Bonchev–Trinajstić information content (AvgIpc) is 1.95. The molecular weight excluding hydrogens is 148 g/mol. The maximum Gasteiger partial charge on any atom is 0.0398 e. The van der Waals surface area contributed by atoms with Gasteiger partial charge in [-0.2, -0.15) is 0 Å². The predicted molar refractivity (Wildman–Crippen MR) is 43.7 cm³/mol. The van der Waals surface area contributed by atoms with E-state index in [0.717, 1.165) is 18.1 Å². The standard InChI is InChI=1S/C7H11ClN2/c8-7-1-4-10(5-2-7)6-3-9/h1-2,4H,3,5-6,9H2. The second-order valence-corrected chi connectivity index (χ2v) is 2.62. The Balaban J connectivity index is 2.37. The molecule has 0 bridgehead atoms. The van der Waals surface area contributed by atoms with E-state index in [4.69, 9.17) is 17.3 Å². The highest BCUT2D eigenvalue weighted by Crippen LogP contribution is 2.09. The van der Waals surface area contributed by atoms with Gasteiger partial charge in [0.1, 0.15) is 0 Å². The Morgan fingerprint density at radius 3 is 3.00 bits per heavy atom. The van der Waals surface area contributed by atoms with Gasteiger partial charge in [-0.3, -0.25) is 0 Å². The van der Waals surface area contributed by atoms with E-state index in [9.17, 15) is 0 Å². The molecule has 56 valence electrons. The molecule has 0 aromatic heterocycles. The Morgan fingerprint density at radius 2 is 2.50 bits per heavy atom. The summed E-state index contributed by atoms with van der Waals surface area (Å²) in [7, 11) is 0. The van der Waals surface area contributed by atoms with E-state index in [1.165, 1.54) is 0 Å². The van der Waals surface area contributed by atoms with Crippen molar-refractivity contribution >= 4 is 11.6 Å². The molecular formula is C7H11ClN2. The van der Waals surface area contributed by atoms with Crippen LogP contribution in [0.25, 0.3) is 0 Å². The van der Waals surface area contributed by atoms with Crippen molar-refractivity contribution in [1.29, 1.82) is 0 Å². The third-order valence-corrected chi connectivity index (χ3v) is 1.66. The minimum atomic E-state index is 0.690. The van der Waals surface area contributed by atoms with Gasteiger partial charge < -0.3 is 10.6 Å². The van der Waals surface area contributed by atoms with Gasteiger partial charge in [0.15, 0.2) is 0 Å². The first-order valence-corrected chi connectivity index (χ1v) is 3.68. The molecule has 1 aliphatic rings. The molecule has 3 heteroatoms. The third kappa shape index (κ3) is 2.05. The molecule has 1 aliphatic heterocycles. The molecule has 0 amide bonds. The molecule has 0 spiro atoms. The monoisotopic (exact) mass is 158 g/mol. The summed E-state index contributed by atoms with van der Waals surface area (Å²) in [4.78, 5) is 2.12. The smallest absolute Gasteiger partial charge is 0.0398 e. The van der Waals surface area contributed by atoms with E-state index in [1.807, 2.05) is 18.4 Å². The van der Waals surface area contributed by atoms with Crippen LogP contribution >= 0.6 is 11.6 Å². The minimum Gasteiger partial charge on any atom is -0.372 e. The van der Waals surface area contributed by atoms with Gasteiger partial charge in [0.05, 0.1) is 0 Å². The average molecular weight is 159 g/mol. The van der Waals surface area contributed by atoms with E-state index in [0.29, 0.717) is 6.54 Å². The maximum atomic E-state index is 5.70. The molecule has 0 unspecified atom stereocenters. The number of hydrogen-bond acceptors (Lipinski definition) is 2. The van der Waals surface area contributed by atoms with E-state index >= 15 is 0 Å². The van der Waals surface area contributed by atoms with Crippen molar-refractivity contribution < 1.29 is 0 Å². The molecule has 2 nitrogen and oxygen atoms in total. The van der Waals surface area contributed by atoms with Crippen molar-refractivity contribution in [3.8, 4) is 0 Å². The summed E-state index contributed by atoms with van der Waals surface area (Å²) < 4.78 is 0. The Kier molecular flexibility index (Phi) is 2.78. The fraction of sp³-hybridized carbons (Fsp3) is 0.429. The highest BCUT2D eigenvalue weighted by molar-refractivity contribution is 6.31. The molecule has 10 heavy (non-hydrogen) atoms. The van der Waals surface area contributed by atoms with E-state index in [-0.39, 0.29) is 0 Å². The SMILES string of the molecule is NCCN1C=CC(Cl)=CC1. The lowest BCUT2D eigenvalue weighted by atomic mass is 10.3. The molecule has 2 N–H and O–H groups in total. The van der Waals surface area contributed by atoms with Gasteiger partial charge in [0.25, 0.3) is 0 Å². The first-order valence-electron chi connectivity index (χ1n) is 3.31. The van der Waals surface area contributed by atoms with Crippen LogP contribution in [0.3, 0.4) is 0 Å². The molecule has 1 rings (SSSR count). The van der Waals surface area contributed by atoms with Gasteiger partial charge in [-0.25, -0.2) is 0 Å². The highest BCUT2D eigenvalue weighted by Gasteiger charge is 1.99. The normalized spacial score (nSPS) is 17.4. The van der Waals surface area contributed by atoms with Crippen LogP contribution in [0.4, 0.5) is 0 Å². The van der Waals surface area contributed by atoms with Crippen LogP contribution in [-0.2, 0) is 0 Å². The largest absolute Gasteiger partial charge is 0.372 e. The number of halogens is 1.